The summed E-state index contributed by atoms with van der Waals surface area (Å²) in [5.41, 5.74) is 0. The normalized spacial score (nSPS) is 20.4. The second-order valence-corrected chi connectivity index (χ2v) is 3.54. The Morgan fingerprint density at radius 3 is 2.71 bits per heavy atom. The maximum atomic E-state index is 11.3. The molecule has 1 rings (SSSR count). The van der Waals surface area contributed by atoms with Gasteiger partial charge < -0.3 is 14.8 Å². The largest absolute Gasteiger partial charge is 0.468 e. The highest BCUT2D eigenvalue weighted by Crippen LogP contribution is 2.08. The highest BCUT2D eigenvalue weighted by molar-refractivity contribution is 5.75. The van der Waals surface area contributed by atoms with Crippen molar-refractivity contribution < 1.29 is 14.3 Å². The van der Waals surface area contributed by atoms with Crippen molar-refractivity contribution in [1.82, 2.24) is 5.32 Å². The molecule has 1 atom stereocenters. The Hall–Kier alpha value is -0.610. The summed E-state index contributed by atoms with van der Waals surface area (Å²) < 4.78 is 9.96. The predicted octanol–water partition coefficient (Wildman–Crippen LogP) is 0.707. The Bertz CT molecular complexity index is 178. The summed E-state index contributed by atoms with van der Waals surface area (Å²) in [5, 5.41) is 3.30. The van der Waals surface area contributed by atoms with Crippen molar-refractivity contribution in [3.63, 3.8) is 0 Å². The molecule has 82 valence electrons. The molecule has 4 heteroatoms. The molecule has 0 aromatic heterocycles. The zero-order valence-corrected chi connectivity index (χ0v) is 8.91. The van der Waals surface area contributed by atoms with Gasteiger partial charge in [0.15, 0.2) is 0 Å². The molecule has 0 spiro atoms. The molecular weight excluding hydrogens is 182 g/mol. The minimum atomic E-state index is -0.168. The van der Waals surface area contributed by atoms with Gasteiger partial charge in [0.2, 0.25) is 0 Å². The summed E-state index contributed by atoms with van der Waals surface area (Å²) >= 11 is 0. The summed E-state index contributed by atoms with van der Waals surface area (Å²) in [6.07, 6.45) is 2.73. The van der Waals surface area contributed by atoms with Crippen LogP contribution in [0.1, 0.15) is 26.2 Å². The SMILES string of the molecule is CC[C@@H](NC1CCOCC1)C(=O)OC. The van der Waals surface area contributed by atoms with E-state index in [0.717, 1.165) is 32.5 Å². The quantitative estimate of drug-likeness (QED) is 0.680. The summed E-state index contributed by atoms with van der Waals surface area (Å²) in [4.78, 5) is 11.3. The van der Waals surface area contributed by atoms with Crippen LogP contribution in [0.5, 0.6) is 0 Å². The lowest BCUT2D eigenvalue weighted by Gasteiger charge is -2.26. The minimum Gasteiger partial charge on any atom is -0.468 e. The first-order valence-corrected chi connectivity index (χ1v) is 5.19. The highest BCUT2D eigenvalue weighted by Gasteiger charge is 2.22. The second-order valence-electron chi connectivity index (χ2n) is 3.54. The van der Waals surface area contributed by atoms with Crippen LogP contribution >= 0.6 is 0 Å². The number of carbonyl (C=O) groups excluding carboxylic acids is 1. The summed E-state index contributed by atoms with van der Waals surface area (Å²) in [6.45, 7) is 3.55. The van der Waals surface area contributed by atoms with Crippen LogP contribution in [0.2, 0.25) is 0 Å². The standard InChI is InChI=1S/C10H19NO3/c1-3-9(10(12)13-2)11-8-4-6-14-7-5-8/h8-9,11H,3-7H2,1-2H3/t9-/m1/s1. The van der Waals surface area contributed by atoms with Gasteiger partial charge in [-0.15, -0.1) is 0 Å². The second kappa shape index (κ2) is 5.98. The lowest BCUT2D eigenvalue weighted by Crippen LogP contribution is -2.45. The number of carbonyl (C=O) groups is 1. The number of nitrogens with one attached hydrogen (secondary N) is 1. The number of esters is 1. The molecule has 0 amide bonds. The van der Waals surface area contributed by atoms with E-state index in [9.17, 15) is 4.79 Å². The molecule has 14 heavy (non-hydrogen) atoms. The van der Waals surface area contributed by atoms with Crippen LogP contribution in [0.15, 0.2) is 0 Å². The van der Waals surface area contributed by atoms with E-state index in [0.29, 0.717) is 6.04 Å². The summed E-state index contributed by atoms with van der Waals surface area (Å²) in [5.74, 6) is -0.168. The van der Waals surface area contributed by atoms with Crippen molar-refractivity contribution in [3.05, 3.63) is 0 Å². The fourth-order valence-electron chi connectivity index (χ4n) is 1.64. The smallest absolute Gasteiger partial charge is 0.322 e. The molecule has 1 heterocycles. The molecule has 1 aliphatic heterocycles. The third-order valence-electron chi connectivity index (χ3n) is 2.55. The number of hydrogen-bond donors (Lipinski definition) is 1. The zero-order valence-electron chi connectivity index (χ0n) is 8.91. The van der Waals surface area contributed by atoms with Crippen LogP contribution in [0.4, 0.5) is 0 Å². The van der Waals surface area contributed by atoms with E-state index in [1.165, 1.54) is 7.11 Å². The summed E-state index contributed by atoms with van der Waals surface area (Å²) in [6, 6.07) is 0.232. The minimum absolute atomic E-state index is 0.164. The van der Waals surface area contributed by atoms with Crippen LogP contribution in [0.3, 0.4) is 0 Å². The van der Waals surface area contributed by atoms with Crippen molar-refractivity contribution in [1.29, 1.82) is 0 Å². The average Bonchev–Trinajstić information content (AvgIpc) is 2.26. The van der Waals surface area contributed by atoms with Gasteiger partial charge in [0.1, 0.15) is 6.04 Å². The van der Waals surface area contributed by atoms with Crippen LogP contribution in [0, 0.1) is 0 Å². The number of hydrogen-bond acceptors (Lipinski definition) is 4. The molecule has 4 nitrogen and oxygen atoms in total. The molecule has 0 aliphatic carbocycles. The van der Waals surface area contributed by atoms with E-state index in [4.69, 9.17) is 9.47 Å². The van der Waals surface area contributed by atoms with E-state index in [1.54, 1.807) is 0 Å². The first kappa shape index (κ1) is 11.5. The average molecular weight is 201 g/mol. The third kappa shape index (κ3) is 3.27. The van der Waals surface area contributed by atoms with Crippen LogP contribution in [0.25, 0.3) is 0 Å². The number of rotatable bonds is 4. The Kier molecular flexibility index (Phi) is 4.90. The molecule has 0 radical (unpaired) electrons. The van der Waals surface area contributed by atoms with E-state index in [-0.39, 0.29) is 12.0 Å². The van der Waals surface area contributed by atoms with Gasteiger partial charge in [-0.3, -0.25) is 4.79 Å². The van der Waals surface area contributed by atoms with E-state index in [2.05, 4.69) is 5.32 Å². The molecule has 0 bridgehead atoms. The fraction of sp³-hybridized carbons (Fsp3) is 0.900. The number of ether oxygens (including phenoxy) is 2. The molecule has 0 aromatic carbocycles. The van der Waals surface area contributed by atoms with Crippen molar-refractivity contribution in [2.45, 2.75) is 38.3 Å². The molecule has 1 N–H and O–H groups in total. The van der Waals surface area contributed by atoms with E-state index in [1.807, 2.05) is 6.92 Å². The summed E-state index contributed by atoms with van der Waals surface area (Å²) in [7, 11) is 1.43. The van der Waals surface area contributed by atoms with Gasteiger partial charge in [0.05, 0.1) is 7.11 Å². The monoisotopic (exact) mass is 201 g/mol. The van der Waals surface area contributed by atoms with Crippen molar-refractivity contribution >= 4 is 5.97 Å². The fourth-order valence-corrected chi connectivity index (χ4v) is 1.64. The van der Waals surface area contributed by atoms with E-state index >= 15 is 0 Å². The third-order valence-corrected chi connectivity index (χ3v) is 2.55. The molecule has 0 aromatic rings. The van der Waals surface area contributed by atoms with Crippen molar-refractivity contribution in [3.8, 4) is 0 Å². The van der Waals surface area contributed by atoms with Crippen molar-refractivity contribution in [2.24, 2.45) is 0 Å². The van der Waals surface area contributed by atoms with Gasteiger partial charge in [-0.25, -0.2) is 0 Å². The maximum Gasteiger partial charge on any atom is 0.322 e. The predicted molar refractivity (Wildman–Crippen MR) is 53.1 cm³/mol. The number of methoxy groups -OCH3 is 1. The van der Waals surface area contributed by atoms with E-state index < -0.39 is 0 Å². The zero-order chi connectivity index (χ0) is 10.4. The Balaban J connectivity index is 2.34. The maximum absolute atomic E-state index is 11.3. The molecule has 0 unspecified atom stereocenters. The van der Waals surface area contributed by atoms with Crippen LogP contribution in [-0.4, -0.2) is 38.4 Å². The van der Waals surface area contributed by atoms with Gasteiger partial charge in [-0.2, -0.15) is 0 Å². The molecule has 0 saturated carbocycles. The van der Waals surface area contributed by atoms with Gasteiger partial charge in [-0.1, -0.05) is 6.92 Å². The first-order chi connectivity index (χ1) is 6.77. The highest BCUT2D eigenvalue weighted by atomic mass is 16.5. The van der Waals surface area contributed by atoms with Gasteiger partial charge >= 0.3 is 5.97 Å². The van der Waals surface area contributed by atoms with Crippen molar-refractivity contribution in [2.75, 3.05) is 20.3 Å². The molecule has 1 aliphatic rings. The molecule has 1 saturated heterocycles. The van der Waals surface area contributed by atoms with Crippen LogP contribution < -0.4 is 5.32 Å². The molecular formula is C10H19NO3. The van der Waals surface area contributed by atoms with Crippen LogP contribution in [-0.2, 0) is 14.3 Å². The van der Waals surface area contributed by atoms with Gasteiger partial charge in [0.25, 0.3) is 0 Å². The first-order valence-electron chi connectivity index (χ1n) is 5.19. The lowest BCUT2D eigenvalue weighted by atomic mass is 10.1. The molecule has 1 fully saturated rings. The lowest BCUT2D eigenvalue weighted by molar-refractivity contribution is -0.143. The topological polar surface area (TPSA) is 47.6 Å². The van der Waals surface area contributed by atoms with Gasteiger partial charge in [-0.05, 0) is 19.3 Å². The van der Waals surface area contributed by atoms with Gasteiger partial charge in [0, 0.05) is 19.3 Å². The Morgan fingerprint density at radius 2 is 2.21 bits per heavy atom. The Labute approximate surface area is 85.0 Å². The Morgan fingerprint density at radius 1 is 1.57 bits per heavy atom.